The van der Waals surface area contributed by atoms with Crippen LogP contribution in [0.3, 0.4) is 0 Å². The Morgan fingerprint density at radius 3 is 2.59 bits per heavy atom. The third-order valence-electron chi connectivity index (χ3n) is 2.25. The van der Waals surface area contributed by atoms with Gasteiger partial charge in [-0.3, -0.25) is 9.59 Å². The lowest BCUT2D eigenvalue weighted by Crippen LogP contribution is -2.21. The van der Waals surface area contributed by atoms with Crippen LogP contribution in [0.5, 0.6) is 0 Å². The van der Waals surface area contributed by atoms with Crippen LogP contribution in [0.25, 0.3) is 0 Å². The maximum Gasteiger partial charge on any atom is 0.224 e. The van der Waals surface area contributed by atoms with Crippen LogP contribution in [0, 0.1) is 0 Å². The number of rotatable bonds is 5. The molecule has 0 heterocycles. The SMILES string of the molecule is CCC(=O)Nc1cccc(C(=O)CN(C)C)c1. The molecule has 0 saturated heterocycles. The van der Waals surface area contributed by atoms with Gasteiger partial charge in [-0.15, -0.1) is 0 Å². The number of anilines is 1. The molecule has 0 fully saturated rings. The molecule has 1 amide bonds. The highest BCUT2D eigenvalue weighted by atomic mass is 16.1. The Balaban J connectivity index is 2.78. The fourth-order valence-electron chi connectivity index (χ4n) is 1.40. The van der Waals surface area contributed by atoms with Crippen molar-refractivity contribution in [2.24, 2.45) is 0 Å². The van der Waals surface area contributed by atoms with Gasteiger partial charge in [0, 0.05) is 17.7 Å². The molecule has 1 N–H and O–H groups in total. The molecule has 4 nitrogen and oxygen atoms in total. The van der Waals surface area contributed by atoms with Gasteiger partial charge in [-0.1, -0.05) is 19.1 Å². The average Bonchev–Trinajstić information content (AvgIpc) is 2.28. The van der Waals surface area contributed by atoms with E-state index < -0.39 is 0 Å². The number of hydrogen-bond acceptors (Lipinski definition) is 3. The number of ketones is 1. The molecule has 17 heavy (non-hydrogen) atoms. The summed E-state index contributed by atoms with van der Waals surface area (Å²) in [6, 6.07) is 7.01. The quantitative estimate of drug-likeness (QED) is 0.790. The minimum atomic E-state index is -0.0535. The maximum atomic E-state index is 11.8. The lowest BCUT2D eigenvalue weighted by Gasteiger charge is -2.09. The summed E-state index contributed by atoms with van der Waals surface area (Å²) in [6.07, 6.45) is 0.426. The van der Waals surface area contributed by atoms with Crippen molar-refractivity contribution in [3.63, 3.8) is 0 Å². The van der Waals surface area contributed by atoms with Gasteiger partial charge < -0.3 is 10.2 Å². The molecule has 0 aliphatic carbocycles. The zero-order chi connectivity index (χ0) is 12.8. The van der Waals surface area contributed by atoms with Crippen molar-refractivity contribution in [1.82, 2.24) is 4.90 Å². The molecule has 0 atom stereocenters. The molecule has 1 aromatic rings. The molecular formula is C13H18N2O2. The lowest BCUT2D eigenvalue weighted by molar-refractivity contribution is -0.115. The van der Waals surface area contributed by atoms with Crippen LogP contribution < -0.4 is 5.32 Å². The first-order valence-electron chi connectivity index (χ1n) is 5.60. The molecule has 0 spiro atoms. The fraction of sp³-hybridized carbons (Fsp3) is 0.385. The Morgan fingerprint density at radius 2 is 2.00 bits per heavy atom. The number of likely N-dealkylation sites (N-methyl/N-ethyl adjacent to an activating group) is 1. The normalized spacial score (nSPS) is 10.4. The number of carbonyl (C=O) groups excluding carboxylic acids is 2. The molecule has 0 aromatic heterocycles. The number of nitrogens with one attached hydrogen (secondary N) is 1. The Bertz CT molecular complexity index is 414. The third-order valence-corrected chi connectivity index (χ3v) is 2.25. The second-order valence-electron chi connectivity index (χ2n) is 4.14. The van der Waals surface area contributed by atoms with E-state index in [2.05, 4.69) is 5.32 Å². The summed E-state index contributed by atoms with van der Waals surface area (Å²) < 4.78 is 0. The predicted octanol–water partition coefficient (Wildman–Crippen LogP) is 1.78. The molecule has 0 aliphatic heterocycles. The van der Waals surface area contributed by atoms with Crippen molar-refractivity contribution < 1.29 is 9.59 Å². The summed E-state index contributed by atoms with van der Waals surface area (Å²) in [5, 5.41) is 2.74. The van der Waals surface area contributed by atoms with Crippen molar-refractivity contribution in [3.05, 3.63) is 29.8 Å². The van der Waals surface area contributed by atoms with Crippen molar-refractivity contribution in [3.8, 4) is 0 Å². The summed E-state index contributed by atoms with van der Waals surface area (Å²) in [4.78, 5) is 24.9. The molecule has 1 rings (SSSR count). The van der Waals surface area contributed by atoms with E-state index in [1.165, 1.54) is 0 Å². The topological polar surface area (TPSA) is 49.4 Å². The van der Waals surface area contributed by atoms with Crippen LogP contribution in [-0.2, 0) is 4.79 Å². The zero-order valence-corrected chi connectivity index (χ0v) is 10.5. The smallest absolute Gasteiger partial charge is 0.224 e. The van der Waals surface area contributed by atoms with Gasteiger partial charge in [0.05, 0.1) is 6.54 Å². The Labute approximate surface area is 102 Å². The minimum absolute atomic E-state index is 0.0441. The Kier molecular flexibility index (Phi) is 4.84. The van der Waals surface area contributed by atoms with Gasteiger partial charge in [0.15, 0.2) is 5.78 Å². The first kappa shape index (κ1) is 13.4. The van der Waals surface area contributed by atoms with E-state index in [-0.39, 0.29) is 11.7 Å². The molecular weight excluding hydrogens is 216 g/mol. The van der Waals surface area contributed by atoms with E-state index in [0.29, 0.717) is 24.2 Å². The summed E-state index contributed by atoms with van der Waals surface area (Å²) >= 11 is 0. The molecule has 0 saturated carbocycles. The maximum absolute atomic E-state index is 11.8. The molecule has 1 aromatic carbocycles. The molecule has 0 radical (unpaired) electrons. The highest BCUT2D eigenvalue weighted by molar-refractivity contribution is 5.99. The van der Waals surface area contributed by atoms with Crippen molar-refractivity contribution in [2.45, 2.75) is 13.3 Å². The fourth-order valence-corrected chi connectivity index (χ4v) is 1.40. The van der Waals surface area contributed by atoms with Crippen molar-refractivity contribution in [1.29, 1.82) is 0 Å². The van der Waals surface area contributed by atoms with Crippen LogP contribution in [0.2, 0.25) is 0 Å². The Hall–Kier alpha value is -1.68. The zero-order valence-electron chi connectivity index (χ0n) is 10.5. The number of benzene rings is 1. The number of nitrogens with zero attached hydrogens (tertiary/aromatic N) is 1. The van der Waals surface area contributed by atoms with Gasteiger partial charge in [-0.2, -0.15) is 0 Å². The summed E-state index contributed by atoms with van der Waals surface area (Å²) in [7, 11) is 3.70. The number of carbonyl (C=O) groups is 2. The van der Waals surface area contributed by atoms with Crippen molar-refractivity contribution >= 4 is 17.4 Å². The molecule has 0 bridgehead atoms. The van der Waals surface area contributed by atoms with Gasteiger partial charge in [-0.25, -0.2) is 0 Å². The van der Waals surface area contributed by atoms with Gasteiger partial charge in [0.2, 0.25) is 5.91 Å². The monoisotopic (exact) mass is 234 g/mol. The van der Waals surface area contributed by atoms with E-state index in [4.69, 9.17) is 0 Å². The standard InChI is InChI=1S/C13H18N2O2/c1-4-13(17)14-11-7-5-6-10(8-11)12(16)9-15(2)3/h5-8H,4,9H2,1-3H3,(H,14,17). The van der Waals surface area contributed by atoms with Crippen LogP contribution in [0.1, 0.15) is 23.7 Å². The van der Waals surface area contributed by atoms with Crippen LogP contribution >= 0.6 is 0 Å². The Morgan fingerprint density at radius 1 is 1.29 bits per heavy atom. The van der Waals surface area contributed by atoms with E-state index in [1.54, 1.807) is 31.2 Å². The number of Topliss-reactive ketones (excluding diaryl/α,β-unsaturated/α-hetero) is 1. The first-order valence-corrected chi connectivity index (χ1v) is 5.60. The molecule has 0 unspecified atom stereocenters. The molecule has 0 aliphatic rings. The van der Waals surface area contributed by atoms with E-state index in [0.717, 1.165) is 0 Å². The molecule has 92 valence electrons. The number of amides is 1. The number of hydrogen-bond donors (Lipinski definition) is 1. The highest BCUT2D eigenvalue weighted by Gasteiger charge is 2.08. The first-order chi connectivity index (χ1) is 8.02. The van der Waals surface area contributed by atoms with Gasteiger partial charge in [0.1, 0.15) is 0 Å². The van der Waals surface area contributed by atoms with Crippen molar-refractivity contribution in [2.75, 3.05) is 26.0 Å². The van der Waals surface area contributed by atoms with Crippen LogP contribution in [0.4, 0.5) is 5.69 Å². The van der Waals surface area contributed by atoms with Gasteiger partial charge >= 0.3 is 0 Å². The largest absolute Gasteiger partial charge is 0.326 e. The minimum Gasteiger partial charge on any atom is -0.326 e. The lowest BCUT2D eigenvalue weighted by atomic mass is 10.1. The third kappa shape index (κ3) is 4.36. The van der Waals surface area contributed by atoms with Crippen LogP contribution in [-0.4, -0.2) is 37.2 Å². The van der Waals surface area contributed by atoms with Crippen LogP contribution in [0.15, 0.2) is 24.3 Å². The summed E-state index contributed by atoms with van der Waals surface area (Å²) in [5.74, 6) is -0.00944. The van der Waals surface area contributed by atoms with E-state index in [1.807, 2.05) is 19.0 Å². The highest BCUT2D eigenvalue weighted by Crippen LogP contribution is 2.11. The summed E-state index contributed by atoms with van der Waals surface area (Å²) in [6.45, 7) is 2.15. The van der Waals surface area contributed by atoms with Gasteiger partial charge in [-0.05, 0) is 26.2 Å². The summed E-state index contributed by atoms with van der Waals surface area (Å²) in [5.41, 5.74) is 1.29. The van der Waals surface area contributed by atoms with E-state index in [9.17, 15) is 9.59 Å². The average molecular weight is 234 g/mol. The second kappa shape index (κ2) is 6.15. The second-order valence-corrected chi connectivity index (χ2v) is 4.14. The van der Waals surface area contributed by atoms with E-state index >= 15 is 0 Å². The van der Waals surface area contributed by atoms with Gasteiger partial charge in [0.25, 0.3) is 0 Å². The molecule has 4 heteroatoms. The predicted molar refractivity (Wildman–Crippen MR) is 68.2 cm³/mol.